The second-order valence-corrected chi connectivity index (χ2v) is 7.31. The summed E-state index contributed by atoms with van der Waals surface area (Å²) in [5.74, 6) is 0.714. The molecular weight excluding hydrogens is 390 g/mol. The van der Waals surface area contributed by atoms with E-state index in [1.54, 1.807) is 25.1 Å². The monoisotopic (exact) mass is 409 g/mol. The number of halogens is 2. The third-order valence-electron chi connectivity index (χ3n) is 3.74. The molecule has 0 saturated carbocycles. The Hall–Kier alpha value is -1.52. The predicted octanol–water partition coefficient (Wildman–Crippen LogP) is 5.94. The first-order valence-electron chi connectivity index (χ1n) is 7.81. The normalized spacial score (nSPS) is 12.1. The fourth-order valence-corrected chi connectivity index (χ4v) is 3.16. The van der Waals surface area contributed by atoms with Gasteiger partial charge in [-0.1, -0.05) is 43.6 Å². The van der Waals surface area contributed by atoms with Gasteiger partial charge in [0, 0.05) is 10.7 Å². The highest BCUT2D eigenvalue weighted by Crippen LogP contribution is 2.30. The quantitative estimate of drug-likeness (QED) is 0.662. The molecule has 0 aliphatic heterocycles. The van der Waals surface area contributed by atoms with Crippen molar-refractivity contribution in [2.75, 3.05) is 5.32 Å². The summed E-state index contributed by atoms with van der Waals surface area (Å²) in [6.07, 6.45) is -0.637. The van der Waals surface area contributed by atoms with Crippen LogP contribution in [0.2, 0.25) is 5.02 Å². The number of benzene rings is 2. The molecule has 0 saturated heterocycles. The zero-order valence-corrected chi connectivity index (χ0v) is 16.5. The van der Waals surface area contributed by atoms with Gasteiger partial charge in [-0.05, 0) is 65.0 Å². The van der Waals surface area contributed by atoms with Gasteiger partial charge in [0.15, 0.2) is 6.10 Å². The first kappa shape index (κ1) is 18.8. The first-order valence-corrected chi connectivity index (χ1v) is 8.98. The summed E-state index contributed by atoms with van der Waals surface area (Å²) in [6.45, 7) is 7.93. The van der Waals surface area contributed by atoms with Crippen LogP contribution < -0.4 is 10.1 Å². The van der Waals surface area contributed by atoms with Crippen molar-refractivity contribution in [2.45, 2.75) is 39.7 Å². The Labute approximate surface area is 156 Å². The van der Waals surface area contributed by atoms with Gasteiger partial charge in [-0.2, -0.15) is 0 Å². The SMILES string of the molecule is Cc1cccc(C(C)C)c1NC(=O)[C@@H](C)Oc1ccc(Cl)cc1Br. The van der Waals surface area contributed by atoms with Crippen LogP contribution in [0.25, 0.3) is 0 Å². The molecule has 5 heteroatoms. The second kappa shape index (κ2) is 8.04. The van der Waals surface area contributed by atoms with Gasteiger partial charge >= 0.3 is 0 Å². The van der Waals surface area contributed by atoms with E-state index >= 15 is 0 Å². The molecule has 2 aromatic rings. The summed E-state index contributed by atoms with van der Waals surface area (Å²) in [6, 6.07) is 11.2. The minimum atomic E-state index is -0.637. The molecule has 0 bridgehead atoms. The standard InChI is InChI=1S/C19H21BrClNO2/c1-11(2)15-7-5-6-12(3)18(15)22-19(23)13(4)24-17-9-8-14(21)10-16(17)20/h5-11,13H,1-4H3,(H,22,23)/t13-/m1/s1. The maximum absolute atomic E-state index is 12.5. The molecule has 0 heterocycles. The number of carbonyl (C=O) groups excluding carboxylic acids is 1. The number of ether oxygens (including phenoxy) is 1. The lowest BCUT2D eigenvalue weighted by atomic mass is 9.98. The van der Waals surface area contributed by atoms with E-state index < -0.39 is 6.10 Å². The zero-order chi connectivity index (χ0) is 17.9. The number of para-hydroxylation sites is 1. The number of aryl methyl sites for hydroxylation is 1. The van der Waals surface area contributed by atoms with Crippen molar-refractivity contribution >= 4 is 39.1 Å². The Kier molecular flexibility index (Phi) is 6.30. The minimum absolute atomic E-state index is 0.187. The number of carbonyl (C=O) groups is 1. The third kappa shape index (κ3) is 4.52. The molecule has 3 nitrogen and oxygen atoms in total. The van der Waals surface area contributed by atoms with Crippen LogP contribution in [0.15, 0.2) is 40.9 Å². The van der Waals surface area contributed by atoms with E-state index in [0.29, 0.717) is 21.2 Å². The number of nitrogens with one attached hydrogen (secondary N) is 1. The van der Waals surface area contributed by atoms with Crippen LogP contribution in [-0.4, -0.2) is 12.0 Å². The van der Waals surface area contributed by atoms with Gasteiger partial charge in [0.25, 0.3) is 5.91 Å². The molecule has 0 unspecified atom stereocenters. The third-order valence-corrected chi connectivity index (χ3v) is 4.60. The summed E-state index contributed by atoms with van der Waals surface area (Å²) in [5.41, 5.74) is 3.01. The van der Waals surface area contributed by atoms with Crippen LogP contribution in [-0.2, 0) is 4.79 Å². The summed E-state index contributed by atoms with van der Waals surface area (Å²) in [4.78, 5) is 12.5. The molecule has 1 amide bonds. The highest BCUT2D eigenvalue weighted by molar-refractivity contribution is 9.10. The van der Waals surface area contributed by atoms with Crippen LogP contribution in [0.5, 0.6) is 5.75 Å². The molecule has 0 radical (unpaired) electrons. The molecule has 2 aromatic carbocycles. The summed E-state index contributed by atoms with van der Waals surface area (Å²) < 4.78 is 6.47. The van der Waals surface area contributed by atoms with E-state index in [2.05, 4.69) is 35.1 Å². The molecule has 128 valence electrons. The van der Waals surface area contributed by atoms with E-state index in [1.165, 1.54) is 0 Å². The van der Waals surface area contributed by atoms with Gasteiger partial charge in [0.05, 0.1) is 4.47 Å². The molecule has 1 atom stereocenters. The lowest BCUT2D eigenvalue weighted by Gasteiger charge is -2.20. The lowest BCUT2D eigenvalue weighted by molar-refractivity contribution is -0.122. The van der Waals surface area contributed by atoms with Crippen molar-refractivity contribution in [1.29, 1.82) is 0 Å². The second-order valence-electron chi connectivity index (χ2n) is 6.02. The fourth-order valence-electron chi connectivity index (χ4n) is 2.38. The van der Waals surface area contributed by atoms with Crippen molar-refractivity contribution < 1.29 is 9.53 Å². The summed E-state index contributed by atoms with van der Waals surface area (Å²) >= 11 is 9.32. The van der Waals surface area contributed by atoms with Crippen molar-refractivity contribution in [2.24, 2.45) is 0 Å². The molecule has 0 spiro atoms. The number of anilines is 1. The molecular formula is C19H21BrClNO2. The molecule has 0 aromatic heterocycles. The average molecular weight is 411 g/mol. The zero-order valence-electron chi connectivity index (χ0n) is 14.2. The molecule has 1 N–H and O–H groups in total. The molecule has 0 aliphatic rings. The van der Waals surface area contributed by atoms with Crippen LogP contribution in [0.4, 0.5) is 5.69 Å². The summed E-state index contributed by atoms with van der Waals surface area (Å²) in [5, 5.41) is 3.61. The van der Waals surface area contributed by atoms with Gasteiger partial charge < -0.3 is 10.1 Å². The first-order chi connectivity index (χ1) is 11.3. The number of hydrogen-bond acceptors (Lipinski definition) is 2. The van der Waals surface area contributed by atoms with Gasteiger partial charge in [-0.15, -0.1) is 0 Å². The Bertz CT molecular complexity index is 746. The number of rotatable bonds is 5. The van der Waals surface area contributed by atoms with E-state index in [4.69, 9.17) is 16.3 Å². The highest BCUT2D eigenvalue weighted by Gasteiger charge is 2.19. The van der Waals surface area contributed by atoms with Crippen LogP contribution in [0, 0.1) is 6.92 Å². The smallest absolute Gasteiger partial charge is 0.265 e. The Balaban J connectivity index is 2.15. The van der Waals surface area contributed by atoms with E-state index in [9.17, 15) is 4.79 Å². The Morgan fingerprint density at radius 1 is 1.21 bits per heavy atom. The van der Waals surface area contributed by atoms with Gasteiger partial charge in [-0.3, -0.25) is 4.79 Å². The van der Waals surface area contributed by atoms with Crippen molar-refractivity contribution in [3.63, 3.8) is 0 Å². The van der Waals surface area contributed by atoms with Gasteiger partial charge in [-0.25, -0.2) is 0 Å². The van der Waals surface area contributed by atoms with Crippen LogP contribution >= 0.6 is 27.5 Å². The van der Waals surface area contributed by atoms with Crippen LogP contribution in [0.3, 0.4) is 0 Å². The Morgan fingerprint density at radius 3 is 2.54 bits per heavy atom. The topological polar surface area (TPSA) is 38.3 Å². The summed E-state index contributed by atoms with van der Waals surface area (Å²) in [7, 11) is 0. The average Bonchev–Trinajstić information content (AvgIpc) is 2.51. The van der Waals surface area contributed by atoms with Gasteiger partial charge in [0.1, 0.15) is 5.75 Å². The molecule has 2 rings (SSSR count). The molecule has 0 aliphatic carbocycles. The van der Waals surface area contributed by atoms with Crippen LogP contribution in [0.1, 0.15) is 37.8 Å². The maximum atomic E-state index is 12.5. The number of hydrogen-bond donors (Lipinski definition) is 1. The number of amides is 1. The van der Waals surface area contributed by atoms with Gasteiger partial charge in [0.2, 0.25) is 0 Å². The predicted molar refractivity (Wildman–Crippen MR) is 103 cm³/mol. The van der Waals surface area contributed by atoms with Crippen molar-refractivity contribution in [3.05, 3.63) is 57.0 Å². The fraction of sp³-hybridized carbons (Fsp3) is 0.316. The highest BCUT2D eigenvalue weighted by atomic mass is 79.9. The van der Waals surface area contributed by atoms with Crippen molar-refractivity contribution in [3.8, 4) is 5.75 Å². The van der Waals surface area contributed by atoms with E-state index in [0.717, 1.165) is 16.8 Å². The van der Waals surface area contributed by atoms with E-state index in [-0.39, 0.29) is 5.91 Å². The lowest BCUT2D eigenvalue weighted by Crippen LogP contribution is -2.31. The molecule has 0 fully saturated rings. The largest absolute Gasteiger partial charge is 0.480 e. The Morgan fingerprint density at radius 2 is 1.92 bits per heavy atom. The van der Waals surface area contributed by atoms with Crippen molar-refractivity contribution in [1.82, 2.24) is 0 Å². The minimum Gasteiger partial charge on any atom is -0.480 e. The van der Waals surface area contributed by atoms with E-state index in [1.807, 2.05) is 25.1 Å². The molecule has 24 heavy (non-hydrogen) atoms. The maximum Gasteiger partial charge on any atom is 0.265 e.